The van der Waals surface area contributed by atoms with Crippen LogP contribution in [0.2, 0.25) is 0 Å². The van der Waals surface area contributed by atoms with Gasteiger partial charge in [-0.15, -0.1) is 0 Å². The Labute approximate surface area is 188 Å². The summed E-state index contributed by atoms with van der Waals surface area (Å²) < 4.78 is 0. The summed E-state index contributed by atoms with van der Waals surface area (Å²) in [6, 6.07) is 3.91. The van der Waals surface area contributed by atoms with Crippen LogP contribution in [0.4, 0.5) is 5.69 Å². The predicted molar refractivity (Wildman–Crippen MR) is 121 cm³/mol. The molecule has 2 aliphatic rings. The van der Waals surface area contributed by atoms with Crippen LogP contribution in [0, 0.1) is 12.3 Å². The smallest absolute Gasteiger partial charge is 0.303 e. The highest BCUT2D eigenvalue weighted by Crippen LogP contribution is 2.44. The maximum Gasteiger partial charge on any atom is 0.303 e. The van der Waals surface area contributed by atoms with Gasteiger partial charge in [0.1, 0.15) is 0 Å². The number of aromatic nitrogens is 2. The molecular weight excluding hydrogens is 408 g/mol. The predicted octanol–water partition coefficient (Wildman–Crippen LogP) is 2.81. The van der Waals surface area contributed by atoms with Gasteiger partial charge in [-0.25, -0.2) is 0 Å². The first kappa shape index (κ1) is 22.5. The molecule has 1 saturated heterocycles. The van der Waals surface area contributed by atoms with Gasteiger partial charge in [-0.1, -0.05) is 12.8 Å². The molecule has 1 unspecified atom stereocenters. The Bertz CT molecular complexity index is 1000. The van der Waals surface area contributed by atoms with Crippen molar-refractivity contribution in [2.45, 2.75) is 63.9 Å². The fraction of sp³-hybridized carbons (Fsp3) is 0.583. The van der Waals surface area contributed by atoms with Crippen molar-refractivity contribution in [2.24, 2.45) is 5.41 Å². The Hall–Kier alpha value is -2.74. The highest BCUT2D eigenvalue weighted by Gasteiger charge is 2.39. The van der Waals surface area contributed by atoms with Gasteiger partial charge in [0.05, 0.1) is 17.5 Å². The van der Waals surface area contributed by atoms with Crippen molar-refractivity contribution in [3.63, 3.8) is 0 Å². The van der Waals surface area contributed by atoms with Crippen LogP contribution >= 0.6 is 0 Å². The average Bonchev–Trinajstić information content (AvgIpc) is 3.19. The number of carbonyl (C=O) groups excluding carboxylic acids is 1. The molecule has 3 N–H and O–H groups in total. The number of amides is 1. The molecule has 2 aromatic heterocycles. The first-order valence-corrected chi connectivity index (χ1v) is 11.4. The number of piperidine rings is 1. The minimum atomic E-state index is -1.05. The summed E-state index contributed by atoms with van der Waals surface area (Å²) >= 11 is 0. The number of carboxylic acid groups (broad SMARTS) is 1. The molecule has 8 nitrogen and oxygen atoms in total. The number of aliphatic carboxylic acids is 1. The molecule has 1 saturated carbocycles. The van der Waals surface area contributed by atoms with Crippen LogP contribution in [0.3, 0.4) is 0 Å². The molecule has 0 radical (unpaired) electrons. The van der Waals surface area contributed by atoms with E-state index in [0.29, 0.717) is 13.0 Å². The Morgan fingerprint density at radius 3 is 2.72 bits per heavy atom. The fourth-order valence-corrected chi connectivity index (χ4v) is 5.43. The summed E-state index contributed by atoms with van der Waals surface area (Å²) in [4.78, 5) is 35.0. The van der Waals surface area contributed by atoms with Crippen LogP contribution in [0.1, 0.15) is 57.1 Å². The number of aliphatic hydroxyl groups is 1. The van der Waals surface area contributed by atoms with Gasteiger partial charge in [-0.2, -0.15) is 0 Å². The van der Waals surface area contributed by atoms with Crippen molar-refractivity contribution in [3.05, 3.63) is 30.2 Å². The summed E-state index contributed by atoms with van der Waals surface area (Å²) in [5, 5.41) is 24.4. The molecule has 0 bridgehead atoms. The minimum Gasteiger partial charge on any atom is -0.481 e. The SMILES string of the molecule is Cc1cc(N2CCCC(O)(CNC(=O)CC3(CC(=O)O)CCCC3)C2)c2cnccc2n1. The first-order valence-electron chi connectivity index (χ1n) is 11.4. The average molecular weight is 441 g/mol. The van der Waals surface area contributed by atoms with Gasteiger partial charge in [-0.3, -0.25) is 19.6 Å². The van der Waals surface area contributed by atoms with Gasteiger partial charge in [0, 0.05) is 55.2 Å². The molecule has 2 aromatic rings. The van der Waals surface area contributed by atoms with Crippen LogP contribution in [-0.4, -0.2) is 57.3 Å². The van der Waals surface area contributed by atoms with Gasteiger partial charge in [0.25, 0.3) is 0 Å². The number of carbonyl (C=O) groups is 2. The fourth-order valence-electron chi connectivity index (χ4n) is 5.43. The van der Waals surface area contributed by atoms with E-state index in [1.807, 2.05) is 19.1 Å². The van der Waals surface area contributed by atoms with Gasteiger partial charge in [-0.05, 0) is 50.2 Å². The number of pyridine rings is 2. The number of anilines is 1. The highest BCUT2D eigenvalue weighted by molar-refractivity contribution is 5.91. The molecule has 4 rings (SSSR count). The Balaban J connectivity index is 1.43. The number of hydrogen-bond donors (Lipinski definition) is 3. The second-order valence-corrected chi connectivity index (χ2v) is 9.66. The van der Waals surface area contributed by atoms with E-state index in [1.165, 1.54) is 0 Å². The lowest BCUT2D eigenvalue weighted by Gasteiger charge is -2.41. The molecule has 0 spiro atoms. The second kappa shape index (κ2) is 9.02. The van der Waals surface area contributed by atoms with Crippen molar-refractivity contribution in [1.29, 1.82) is 0 Å². The third-order valence-electron chi connectivity index (χ3n) is 6.95. The zero-order chi connectivity index (χ0) is 22.8. The number of rotatable bonds is 7. The standard InChI is InChI=1S/C24H32N4O4/c1-17-11-20(18-14-25-9-5-19(18)27-17)28-10-4-8-24(32,16-28)15-26-21(29)12-23(13-22(30)31)6-2-3-7-23/h5,9,11,14,32H,2-4,6-8,10,12-13,15-16H2,1H3,(H,26,29)(H,30,31). The van der Waals surface area contributed by atoms with Crippen molar-refractivity contribution in [3.8, 4) is 0 Å². The van der Waals surface area contributed by atoms with E-state index < -0.39 is 17.0 Å². The van der Waals surface area contributed by atoms with E-state index in [0.717, 1.165) is 60.9 Å². The lowest BCUT2D eigenvalue weighted by molar-refractivity contribution is -0.140. The summed E-state index contributed by atoms with van der Waals surface area (Å²) in [5.41, 5.74) is 1.28. The molecule has 3 heterocycles. The molecule has 0 aromatic carbocycles. The number of hydrogen-bond acceptors (Lipinski definition) is 6. The van der Waals surface area contributed by atoms with E-state index in [9.17, 15) is 19.8 Å². The molecule has 8 heteroatoms. The number of aryl methyl sites for hydroxylation is 1. The minimum absolute atomic E-state index is 0.0287. The zero-order valence-electron chi connectivity index (χ0n) is 18.6. The topological polar surface area (TPSA) is 116 Å². The number of nitrogens with one attached hydrogen (secondary N) is 1. The van der Waals surface area contributed by atoms with Crippen molar-refractivity contribution >= 4 is 28.5 Å². The maximum absolute atomic E-state index is 12.7. The molecule has 172 valence electrons. The summed E-state index contributed by atoms with van der Waals surface area (Å²) in [6.45, 7) is 3.33. The molecule has 1 aliphatic carbocycles. The van der Waals surface area contributed by atoms with E-state index >= 15 is 0 Å². The van der Waals surface area contributed by atoms with Gasteiger partial charge >= 0.3 is 5.97 Å². The summed E-state index contributed by atoms with van der Waals surface area (Å²) in [6.07, 6.45) is 8.64. The van der Waals surface area contributed by atoms with Crippen LogP contribution in [0.15, 0.2) is 24.5 Å². The third-order valence-corrected chi connectivity index (χ3v) is 6.95. The van der Waals surface area contributed by atoms with Crippen molar-refractivity contribution in [2.75, 3.05) is 24.5 Å². The summed E-state index contributed by atoms with van der Waals surface area (Å²) in [7, 11) is 0. The summed E-state index contributed by atoms with van der Waals surface area (Å²) in [5.74, 6) is -1.02. The van der Waals surface area contributed by atoms with Gasteiger partial charge in [0.15, 0.2) is 0 Å². The van der Waals surface area contributed by atoms with Gasteiger partial charge in [0.2, 0.25) is 5.91 Å². The van der Waals surface area contributed by atoms with E-state index in [4.69, 9.17) is 0 Å². The molecular formula is C24H32N4O4. The molecule has 32 heavy (non-hydrogen) atoms. The Kier molecular flexibility index (Phi) is 6.33. The van der Waals surface area contributed by atoms with E-state index in [-0.39, 0.29) is 25.3 Å². The molecule has 1 amide bonds. The number of fused-ring (bicyclic) bond motifs is 1. The van der Waals surface area contributed by atoms with E-state index in [1.54, 1.807) is 12.4 Å². The number of nitrogens with zero attached hydrogens (tertiary/aromatic N) is 3. The monoisotopic (exact) mass is 440 g/mol. The van der Waals surface area contributed by atoms with Crippen LogP contribution in [0.5, 0.6) is 0 Å². The molecule has 1 atom stereocenters. The third kappa shape index (κ3) is 5.01. The highest BCUT2D eigenvalue weighted by atomic mass is 16.4. The normalized spacial score (nSPS) is 22.8. The maximum atomic E-state index is 12.7. The van der Waals surface area contributed by atoms with Crippen molar-refractivity contribution in [1.82, 2.24) is 15.3 Å². The lowest BCUT2D eigenvalue weighted by atomic mass is 9.79. The second-order valence-electron chi connectivity index (χ2n) is 9.66. The van der Waals surface area contributed by atoms with Crippen LogP contribution in [-0.2, 0) is 9.59 Å². The quantitative estimate of drug-likeness (QED) is 0.606. The largest absolute Gasteiger partial charge is 0.481 e. The Morgan fingerprint density at radius 2 is 1.97 bits per heavy atom. The van der Waals surface area contributed by atoms with Gasteiger partial charge < -0.3 is 20.4 Å². The van der Waals surface area contributed by atoms with E-state index in [2.05, 4.69) is 20.2 Å². The number of β-amino-alcohol motifs (C(OH)–C–C–N with tert-alkyl or cyclic N) is 1. The first-order chi connectivity index (χ1) is 15.3. The molecule has 1 aliphatic heterocycles. The lowest BCUT2D eigenvalue weighted by Crippen LogP contribution is -2.54. The van der Waals surface area contributed by atoms with Crippen molar-refractivity contribution < 1.29 is 19.8 Å². The zero-order valence-corrected chi connectivity index (χ0v) is 18.6. The Morgan fingerprint density at radius 1 is 1.19 bits per heavy atom. The molecule has 2 fully saturated rings. The van der Waals surface area contributed by atoms with Crippen LogP contribution < -0.4 is 10.2 Å². The number of carboxylic acids is 1. The van der Waals surface area contributed by atoms with Crippen LogP contribution in [0.25, 0.3) is 10.9 Å².